The Bertz CT molecular complexity index is 1410. The molecule has 0 saturated carbocycles. The zero-order valence-corrected chi connectivity index (χ0v) is 27.2. The minimum atomic E-state index is -1.92. The van der Waals surface area contributed by atoms with Crippen molar-refractivity contribution in [3.05, 3.63) is 59.7 Å². The normalized spacial score (nSPS) is 37.6. The number of fused-ring (bicyclic) bond motifs is 3. The number of esters is 2. The van der Waals surface area contributed by atoms with Crippen LogP contribution in [-0.4, -0.2) is 92.1 Å². The third-order valence-electron chi connectivity index (χ3n) is 9.60. The molecule has 4 heterocycles. The molecular formula is C34H46N2O10. The van der Waals surface area contributed by atoms with Crippen molar-refractivity contribution in [1.82, 2.24) is 9.55 Å². The first-order chi connectivity index (χ1) is 21.7. The molecule has 0 amide bonds. The molecule has 1 aromatic heterocycles. The second-order valence-corrected chi connectivity index (χ2v) is 13.4. The highest BCUT2D eigenvalue weighted by atomic mass is 16.7. The molecule has 5 rings (SSSR count). The third kappa shape index (κ3) is 7.22. The highest BCUT2D eigenvalue weighted by Gasteiger charge is 2.53. The van der Waals surface area contributed by atoms with Gasteiger partial charge in [0, 0.05) is 31.8 Å². The molecule has 46 heavy (non-hydrogen) atoms. The van der Waals surface area contributed by atoms with Gasteiger partial charge in [0.2, 0.25) is 5.79 Å². The molecule has 0 aromatic carbocycles. The van der Waals surface area contributed by atoms with Crippen LogP contribution in [-0.2, 0) is 40.3 Å². The number of aryl methyl sites for hydroxylation is 1. The lowest BCUT2D eigenvalue weighted by Gasteiger charge is -2.41. The second-order valence-electron chi connectivity index (χ2n) is 13.4. The van der Waals surface area contributed by atoms with Crippen molar-refractivity contribution in [3.8, 4) is 0 Å². The van der Waals surface area contributed by atoms with Crippen molar-refractivity contribution >= 4 is 18.0 Å². The van der Waals surface area contributed by atoms with Gasteiger partial charge in [-0.2, -0.15) is 0 Å². The number of aliphatic hydroxyl groups excluding tert-OH is 2. The molecule has 10 atom stereocenters. The lowest BCUT2D eigenvalue weighted by Crippen LogP contribution is -2.55. The first kappa shape index (κ1) is 34.2. The van der Waals surface area contributed by atoms with Crippen LogP contribution in [0, 0.1) is 23.7 Å². The van der Waals surface area contributed by atoms with Gasteiger partial charge in [-0.1, -0.05) is 31.6 Å². The van der Waals surface area contributed by atoms with Crippen LogP contribution in [0.5, 0.6) is 0 Å². The van der Waals surface area contributed by atoms with Crippen molar-refractivity contribution in [2.24, 2.45) is 30.7 Å². The van der Waals surface area contributed by atoms with Crippen LogP contribution in [0.4, 0.5) is 0 Å². The monoisotopic (exact) mass is 642 g/mol. The summed E-state index contributed by atoms with van der Waals surface area (Å²) in [6.45, 7) is 8.95. The largest absolute Gasteiger partial charge is 0.456 e. The highest BCUT2D eigenvalue weighted by Crippen LogP contribution is 2.49. The number of ether oxygens (including phenoxy) is 5. The Kier molecular flexibility index (Phi) is 10.1. The van der Waals surface area contributed by atoms with Crippen LogP contribution >= 0.6 is 0 Å². The van der Waals surface area contributed by atoms with E-state index >= 15 is 0 Å². The molecule has 2 bridgehead atoms. The molecule has 252 valence electrons. The topological polar surface area (TPSA) is 159 Å². The predicted molar refractivity (Wildman–Crippen MR) is 165 cm³/mol. The zero-order chi connectivity index (χ0) is 33.4. The molecule has 1 aliphatic carbocycles. The maximum atomic E-state index is 13.2. The van der Waals surface area contributed by atoms with Gasteiger partial charge in [-0.25, -0.2) is 9.78 Å². The summed E-state index contributed by atoms with van der Waals surface area (Å²) in [7, 11) is 1.84. The molecule has 4 aliphatic rings. The summed E-state index contributed by atoms with van der Waals surface area (Å²) in [5.41, 5.74) is 0.981. The molecule has 1 fully saturated rings. The number of carbonyl (C=O) groups is 2. The average molecular weight is 643 g/mol. The number of imidazole rings is 1. The number of aliphatic hydroxyl groups is 3. The van der Waals surface area contributed by atoms with Crippen molar-refractivity contribution in [1.29, 1.82) is 0 Å². The van der Waals surface area contributed by atoms with Crippen molar-refractivity contribution in [2.45, 2.75) is 89.6 Å². The number of allylic oxidation sites excluding steroid dienone is 3. The van der Waals surface area contributed by atoms with Crippen LogP contribution in [0.25, 0.3) is 6.08 Å². The van der Waals surface area contributed by atoms with E-state index in [9.17, 15) is 24.9 Å². The predicted octanol–water partition coefficient (Wildman–Crippen LogP) is 2.59. The summed E-state index contributed by atoms with van der Waals surface area (Å²) in [6.07, 6.45) is 9.21. The Morgan fingerprint density at radius 2 is 2.00 bits per heavy atom. The van der Waals surface area contributed by atoms with Crippen LogP contribution in [0.3, 0.4) is 0 Å². The Hall–Kier alpha value is -3.13. The molecule has 1 saturated heterocycles. The molecule has 0 radical (unpaired) electrons. The van der Waals surface area contributed by atoms with Crippen LogP contribution in [0.1, 0.15) is 53.2 Å². The SMILES string of the molecule is CC(=O)OC1C(OCC2=C[C@@H]3[C@@H](C(C)C)CC=C(C)[C@@H]3C[C@H](OC(=O)C=Cc3cn(C)cn3)[C@]3(C)C=C[C@@]2(O)O3)OCC(O)C1O. The maximum absolute atomic E-state index is 13.2. The summed E-state index contributed by atoms with van der Waals surface area (Å²) in [5.74, 6) is -2.75. The highest BCUT2D eigenvalue weighted by molar-refractivity contribution is 5.86. The number of carbonyl (C=O) groups excluding carboxylic acids is 2. The maximum Gasteiger partial charge on any atom is 0.331 e. The minimum Gasteiger partial charge on any atom is -0.456 e. The Morgan fingerprint density at radius 1 is 1.24 bits per heavy atom. The van der Waals surface area contributed by atoms with E-state index in [1.54, 1.807) is 36.2 Å². The van der Waals surface area contributed by atoms with Gasteiger partial charge in [-0.3, -0.25) is 4.79 Å². The van der Waals surface area contributed by atoms with Gasteiger partial charge in [0.15, 0.2) is 12.4 Å². The fourth-order valence-electron chi connectivity index (χ4n) is 6.94. The van der Waals surface area contributed by atoms with Gasteiger partial charge in [0.25, 0.3) is 0 Å². The summed E-state index contributed by atoms with van der Waals surface area (Å²) >= 11 is 0. The van der Waals surface area contributed by atoms with Crippen molar-refractivity contribution < 1.29 is 48.6 Å². The molecule has 0 spiro atoms. The molecule has 1 aromatic rings. The van der Waals surface area contributed by atoms with Gasteiger partial charge in [-0.15, -0.1) is 0 Å². The summed E-state index contributed by atoms with van der Waals surface area (Å²) in [4.78, 5) is 29.2. The zero-order valence-electron chi connectivity index (χ0n) is 27.2. The quantitative estimate of drug-likeness (QED) is 0.217. The summed E-state index contributed by atoms with van der Waals surface area (Å²) in [5, 5.41) is 32.7. The minimum absolute atomic E-state index is 0.0396. The lowest BCUT2D eigenvalue weighted by molar-refractivity contribution is -0.276. The van der Waals surface area contributed by atoms with Gasteiger partial charge >= 0.3 is 11.9 Å². The van der Waals surface area contributed by atoms with Crippen LogP contribution < -0.4 is 0 Å². The van der Waals surface area contributed by atoms with E-state index < -0.39 is 54.0 Å². The Balaban J connectivity index is 1.46. The van der Waals surface area contributed by atoms with Crippen LogP contribution in [0.15, 0.2) is 54.1 Å². The van der Waals surface area contributed by atoms with Gasteiger partial charge in [0.05, 0.1) is 25.2 Å². The number of aromatic nitrogens is 2. The van der Waals surface area contributed by atoms with Gasteiger partial charge < -0.3 is 43.6 Å². The molecule has 4 unspecified atom stereocenters. The molecule has 12 nitrogen and oxygen atoms in total. The standard InChI is InChI=1S/C34H46N2O10/c1-19(2)24-9-7-20(3)25-14-28(45-29(39)10-8-23-15-36(6)18-35-23)33(5)11-12-34(41,46-33)22(13-26(24)25)16-42-32-31(44-21(4)37)30(40)27(38)17-43-32/h7-8,10-13,15,18-19,24-28,30-32,38,40-41H,9,14,16-17H2,1-6H3/t24-,25+,26-,27?,28+,30?,31?,32?,33+,34-/m1/s1. The molecule has 3 aliphatic heterocycles. The lowest BCUT2D eigenvalue weighted by atomic mass is 9.65. The van der Waals surface area contributed by atoms with Crippen LogP contribution in [0.2, 0.25) is 0 Å². The number of rotatable bonds is 8. The Morgan fingerprint density at radius 3 is 2.67 bits per heavy atom. The first-order valence-corrected chi connectivity index (χ1v) is 15.8. The summed E-state index contributed by atoms with van der Waals surface area (Å²) < 4.78 is 31.2. The van der Waals surface area contributed by atoms with E-state index in [1.165, 1.54) is 19.1 Å². The fourth-order valence-corrected chi connectivity index (χ4v) is 6.94. The average Bonchev–Trinajstić information content (AvgIpc) is 3.56. The van der Waals surface area contributed by atoms with E-state index in [2.05, 4.69) is 31.8 Å². The Labute approximate surface area is 269 Å². The molecular weight excluding hydrogens is 596 g/mol. The van der Waals surface area contributed by atoms with E-state index in [0.29, 0.717) is 23.6 Å². The number of hydrogen-bond acceptors (Lipinski definition) is 11. The summed E-state index contributed by atoms with van der Waals surface area (Å²) in [6, 6.07) is 0. The molecule has 12 heteroatoms. The smallest absolute Gasteiger partial charge is 0.331 e. The number of hydrogen-bond donors (Lipinski definition) is 3. The van der Waals surface area contributed by atoms with Crippen molar-refractivity contribution in [3.63, 3.8) is 0 Å². The van der Waals surface area contributed by atoms with Gasteiger partial charge in [-0.05, 0) is 68.6 Å². The first-order valence-electron chi connectivity index (χ1n) is 15.8. The fraction of sp³-hybridized carbons (Fsp3) is 0.618. The van der Waals surface area contributed by atoms with E-state index in [4.69, 9.17) is 23.7 Å². The molecule has 3 N–H and O–H groups in total. The van der Waals surface area contributed by atoms with E-state index in [0.717, 1.165) is 12.0 Å². The van der Waals surface area contributed by atoms with E-state index in [-0.39, 0.29) is 31.0 Å². The van der Waals surface area contributed by atoms with Gasteiger partial charge in [0.1, 0.15) is 23.9 Å². The third-order valence-corrected chi connectivity index (χ3v) is 9.60. The second kappa shape index (κ2) is 13.5. The number of nitrogens with zero attached hydrogens (tertiary/aromatic N) is 2. The van der Waals surface area contributed by atoms with E-state index in [1.807, 2.05) is 13.1 Å². The van der Waals surface area contributed by atoms with Crippen molar-refractivity contribution in [2.75, 3.05) is 13.2 Å².